The summed E-state index contributed by atoms with van der Waals surface area (Å²) in [5, 5.41) is 16.5. The summed E-state index contributed by atoms with van der Waals surface area (Å²) in [5.41, 5.74) is 0.807. The molecule has 0 aromatic carbocycles. The molecule has 0 bridgehead atoms. The molecular weight excluding hydrogens is 234 g/mol. The third-order valence-electron chi connectivity index (χ3n) is 3.61. The topological polar surface area (TPSA) is 76.4 Å². The number of hydrogen-bond donors (Lipinski definition) is 2. The lowest BCUT2D eigenvalue weighted by Crippen LogP contribution is -2.54. The maximum absolute atomic E-state index is 12.2. The highest BCUT2D eigenvalue weighted by Gasteiger charge is 2.34. The van der Waals surface area contributed by atoms with E-state index >= 15 is 0 Å². The molecule has 2 rings (SSSR count). The zero-order chi connectivity index (χ0) is 13.2. The molecule has 1 aliphatic rings. The van der Waals surface area contributed by atoms with Crippen LogP contribution in [0.3, 0.4) is 0 Å². The minimum atomic E-state index is -0.558. The Morgan fingerprint density at radius 3 is 2.78 bits per heavy atom. The second-order valence-electron chi connectivity index (χ2n) is 4.77. The van der Waals surface area contributed by atoms with Crippen LogP contribution in [-0.2, 0) is 11.8 Å². The van der Waals surface area contributed by atoms with Crippen LogP contribution in [0.4, 0.5) is 0 Å². The zero-order valence-electron chi connectivity index (χ0n) is 10.8. The van der Waals surface area contributed by atoms with Crippen LogP contribution in [0.1, 0.15) is 28.9 Å². The van der Waals surface area contributed by atoms with Crippen LogP contribution in [0.15, 0.2) is 6.20 Å². The van der Waals surface area contributed by atoms with E-state index in [9.17, 15) is 9.90 Å². The molecule has 0 atom stereocenters. The lowest BCUT2D eigenvalue weighted by atomic mass is 9.90. The molecular formula is C12H19N3O3. The monoisotopic (exact) mass is 253 g/mol. The first-order valence-corrected chi connectivity index (χ1v) is 6.08. The Morgan fingerprint density at radius 2 is 2.28 bits per heavy atom. The first kappa shape index (κ1) is 13.0. The van der Waals surface area contributed by atoms with Crippen molar-refractivity contribution in [3.05, 3.63) is 17.5 Å². The van der Waals surface area contributed by atoms with Crippen molar-refractivity contribution in [2.24, 2.45) is 7.05 Å². The van der Waals surface area contributed by atoms with Crippen molar-refractivity contribution in [1.82, 2.24) is 15.1 Å². The minimum absolute atomic E-state index is 0.0680. The normalized spacial score (nSPS) is 18.6. The SMILES string of the molecule is Cc1c(C(=O)NC2(CO)CCOCC2)cnn1C. The zero-order valence-corrected chi connectivity index (χ0v) is 10.8. The Kier molecular flexibility index (Phi) is 3.68. The molecule has 1 aromatic rings. The van der Waals surface area contributed by atoms with Crippen molar-refractivity contribution in [1.29, 1.82) is 0 Å². The van der Waals surface area contributed by atoms with Gasteiger partial charge in [-0.3, -0.25) is 9.48 Å². The van der Waals surface area contributed by atoms with Crippen molar-refractivity contribution in [3.63, 3.8) is 0 Å². The number of aliphatic hydroxyl groups is 1. The van der Waals surface area contributed by atoms with Crippen LogP contribution >= 0.6 is 0 Å². The van der Waals surface area contributed by atoms with Crippen LogP contribution < -0.4 is 5.32 Å². The van der Waals surface area contributed by atoms with Gasteiger partial charge in [0.15, 0.2) is 0 Å². The van der Waals surface area contributed by atoms with Crippen LogP contribution in [0, 0.1) is 6.92 Å². The Hall–Kier alpha value is -1.40. The number of ether oxygens (including phenoxy) is 1. The van der Waals surface area contributed by atoms with Gasteiger partial charge in [-0.25, -0.2) is 0 Å². The Balaban J connectivity index is 2.12. The molecule has 1 aromatic heterocycles. The van der Waals surface area contributed by atoms with Gasteiger partial charge in [-0.05, 0) is 19.8 Å². The summed E-state index contributed by atoms with van der Waals surface area (Å²) in [6, 6.07) is 0. The number of nitrogens with one attached hydrogen (secondary N) is 1. The van der Waals surface area contributed by atoms with E-state index < -0.39 is 5.54 Å². The molecule has 1 saturated heterocycles. The molecule has 0 radical (unpaired) electrons. The van der Waals surface area contributed by atoms with E-state index in [1.807, 2.05) is 6.92 Å². The maximum Gasteiger partial charge on any atom is 0.255 e. The van der Waals surface area contributed by atoms with Crippen molar-refractivity contribution in [3.8, 4) is 0 Å². The first-order chi connectivity index (χ1) is 8.58. The predicted octanol–water partition coefficient (Wildman–Crippen LogP) is -0.000180. The fraction of sp³-hybridized carbons (Fsp3) is 0.667. The Morgan fingerprint density at radius 1 is 1.61 bits per heavy atom. The minimum Gasteiger partial charge on any atom is -0.394 e. The number of aryl methyl sites for hydroxylation is 1. The standard InChI is InChI=1S/C12H19N3O3/c1-9-10(7-13-15(9)2)11(17)14-12(8-16)3-5-18-6-4-12/h7,16H,3-6,8H2,1-2H3,(H,14,17). The van der Waals surface area contributed by atoms with Crippen LogP contribution in [-0.4, -0.2) is 46.2 Å². The van der Waals surface area contributed by atoms with E-state index in [1.165, 1.54) is 0 Å². The fourth-order valence-corrected chi connectivity index (χ4v) is 2.11. The van der Waals surface area contributed by atoms with Crippen LogP contribution in [0.5, 0.6) is 0 Å². The summed E-state index contributed by atoms with van der Waals surface area (Å²) in [4.78, 5) is 12.2. The smallest absolute Gasteiger partial charge is 0.255 e. The largest absolute Gasteiger partial charge is 0.394 e. The molecule has 6 nitrogen and oxygen atoms in total. The second-order valence-corrected chi connectivity index (χ2v) is 4.77. The first-order valence-electron chi connectivity index (χ1n) is 6.08. The molecule has 6 heteroatoms. The highest BCUT2D eigenvalue weighted by Crippen LogP contribution is 2.21. The van der Waals surface area contributed by atoms with E-state index in [2.05, 4.69) is 10.4 Å². The maximum atomic E-state index is 12.2. The van der Waals surface area contributed by atoms with Crippen LogP contribution in [0.2, 0.25) is 0 Å². The summed E-state index contributed by atoms with van der Waals surface area (Å²) in [5.74, 6) is -0.184. The second kappa shape index (κ2) is 5.07. The quantitative estimate of drug-likeness (QED) is 0.795. The highest BCUT2D eigenvalue weighted by molar-refractivity contribution is 5.95. The number of carbonyl (C=O) groups excluding carboxylic acids is 1. The summed E-state index contributed by atoms with van der Waals surface area (Å²) < 4.78 is 6.92. The molecule has 0 unspecified atom stereocenters. The number of amides is 1. The van der Waals surface area contributed by atoms with E-state index in [-0.39, 0.29) is 12.5 Å². The summed E-state index contributed by atoms with van der Waals surface area (Å²) in [6.45, 7) is 2.90. The van der Waals surface area contributed by atoms with Gasteiger partial charge < -0.3 is 15.2 Å². The van der Waals surface area contributed by atoms with Crippen molar-refractivity contribution in [2.45, 2.75) is 25.3 Å². The molecule has 0 saturated carbocycles. The third-order valence-corrected chi connectivity index (χ3v) is 3.61. The number of carbonyl (C=O) groups is 1. The Labute approximate surface area is 106 Å². The molecule has 1 fully saturated rings. The molecule has 100 valence electrons. The van der Waals surface area contributed by atoms with Gasteiger partial charge in [-0.2, -0.15) is 5.10 Å². The van der Waals surface area contributed by atoms with Crippen LogP contribution in [0.25, 0.3) is 0 Å². The number of rotatable bonds is 3. The number of aromatic nitrogens is 2. The van der Waals surface area contributed by atoms with E-state index in [4.69, 9.17) is 4.74 Å². The summed E-state index contributed by atoms with van der Waals surface area (Å²) in [7, 11) is 1.79. The average molecular weight is 253 g/mol. The van der Waals surface area contributed by atoms with E-state index in [1.54, 1.807) is 17.9 Å². The highest BCUT2D eigenvalue weighted by atomic mass is 16.5. The molecule has 0 spiro atoms. The van der Waals surface area contributed by atoms with Crippen molar-refractivity contribution < 1.29 is 14.6 Å². The summed E-state index contributed by atoms with van der Waals surface area (Å²) in [6.07, 6.45) is 2.82. The third kappa shape index (κ3) is 2.39. The van der Waals surface area contributed by atoms with E-state index in [0.29, 0.717) is 31.6 Å². The van der Waals surface area contributed by atoms with Gasteiger partial charge in [-0.1, -0.05) is 0 Å². The van der Waals surface area contributed by atoms with Gasteiger partial charge in [-0.15, -0.1) is 0 Å². The van der Waals surface area contributed by atoms with Gasteiger partial charge in [0.05, 0.1) is 23.9 Å². The van der Waals surface area contributed by atoms with Gasteiger partial charge in [0.2, 0.25) is 0 Å². The molecule has 2 N–H and O–H groups in total. The summed E-state index contributed by atoms with van der Waals surface area (Å²) >= 11 is 0. The average Bonchev–Trinajstić information content (AvgIpc) is 2.71. The van der Waals surface area contributed by atoms with Gasteiger partial charge in [0.1, 0.15) is 0 Å². The Bertz CT molecular complexity index is 436. The number of hydrogen-bond acceptors (Lipinski definition) is 4. The fourth-order valence-electron chi connectivity index (χ4n) is 2.11. The lowest BCUT2D eigenvalue weighted by molar-refractivity contribution is 0.0125. The molecule has 1 aliphatic heterocycles. The molecule has 1 amide bonds. The molecule has 0 aliphatic carbocycles. The van der Waals surface area contributed by atoms with Gasteiger partial charge >= 0.3 is 0 Å². The van der Waals surface area contributed by atoms with E-state index in [0.717, 1.165) is 5.69 Å². The number of aliphatic hydroxyl groups excluding tert-OH is 1. The number of nitrogens with zero attached hydrogens (tertiary/aromatic N) is 2. The van der Waals surface area contributed by atoms with Crippen molar-refractivity contribution >= 4 is 5.91 Å². The predicted molar refractivity (Wildman–Crippen MR) is 65.3 cm³/mol. The molecule has 2 heterocycles. The van der Waals surface area contributed by atoms with Crippen molar-refractivity contribution in [2.75, 3.05) is 19.8 Å². The van der Waals surface area contributed by atoms with Gasteiger partial charge in [0, 0.05) is 26.0 Å². The lowest BCUT2D eigenvalue weighted by Gasteiger charge is -2.36. The van der Waals surface area contributed by atoms with Gasteiger partial charge in [0.25, 0.3) is 5.91 Å². The molecule has 18 heavy (non-hydrogen) atoms.